The van der Waals surface area contributed by atoms with Crippen LogP contribution in [0.15, 0.2) is 87.7 Å². The van der Waals surface area contributed by atoms with Crippen molar-refractivity contribution < 1.29 is 13.2 Å². The quantitative estimate of drug-likeness (QED) is 0.283. The molecular weight excluding hydrogens is 466 g/mol. The lowest BCUT2D eigenvalue weighted by Crippen LogP contribution is -2.39. The Bertz CT molecular complexity index is 1190. The summed E-state index contributed by atoms with van der Waals surface area (Å²) in [6.07, 6.45) is 3.49. The van der Waals surface area contributed by atoms with Crippen molar-refractivity contribution in [3.05, 3.63) is 88.9 Å². The third kappa shape index (κ3) is 6.12. The van der Waals surface area contributed by atoms with Crippen molar-refractivity contribution in [1.82, 2.24) is 5.43 Å². The third-order valence-electron chi connectivity index (χ3n) is 4.53. The Balaban J connectivity index is 1.80. The first-order valence-electron chi connectivity index (χ1n) is 9.60. The molecule has 3 rings (SSSR count). The van der Waals surface area contributed by atoms with E-state index in [0.29, 0.717) is 10.7 Å². The van der Waals surface area contributed by atoms with E-state index in [1.807, 2.05) is 37.4 Å². The number of carbonyl (C=O) groups excluding carboxylic acids is 1. The first-order valence-corrected chi connectivity index (χ1v) is 12.6. The molecule has 0 aromatic heterocycles. The maximum atomic E-state index is 13.3. The van der Waals surface area contributed by atoms with Crippen LogP contribution < -0.4 is 9.73 Å². The topological polar surface area (TPSA) is 78.8 Å². The molecule has 166 valence electrons. The lowest BCUT2D eigenvalue weighted by Gasteiger charge is -2.23. The van der Waals surface area contributed by atoms with Crippen LogP contribution in [0.25, 0.3) is 0 Å². The largest absolute Gasteiger partial charge is 0.271 e. The maximum Gasteiger partial charge on any atom is 0.264 e. The second-order valence-electron chi connectivity index (χ2n) is 6.87. The van der Waals surface area contributed by atoms with Crippen molar-refractivity contribution in [2.24, 2.45) is 5.10 Å². The summed E-state index contributed by atoms with van der Waals surface area (Å²) in [5.41, 5.74) is 4.46. The van der Waals surface area contributed by atoms with Crippen LogP contribution in [0.2, 0.25) is 5.02 Å². The predicted octanol–water partition coefficient (Wildman–Crippen LogP) is 4.72. The van der Waals surface area contributed by atoms with Crippen molar-refractivity contribution in [1.29, 1.82) is 0 Å². The summed E-state index contributed by atoms with van der Waals surface area (Å²) in [5.74, 6) is -0.576. The molecule has 0 heterocycles. The van der Waals surface area contributed by atoms with Crippen LogP contribution in [0.1, 0.15) is 11.1 Å². The molecule has 3 aromatic rings. The van der Waals surface area contributed by atoms with E-state index in [2.05, 4.69) is 10.5 Å². The number of hydrazone groups is 1. The number of hydrogen-bond donors (Lipinski definition) is 1. The molecule has 0 fully saturated rings. The summed E-state index contributed by atoms with van der Waals surface area (Å²) in [6.45, 7) is 1.42. The summed E-state index contributed by atoms with van der Waals surface area (Å²) in [4.78, 5) is 13.8. The molecule has 0 aliphatic carbocycles. The van der Waals surface area contributed by atoms with Gasteiger partial charge in [-0.1, -0.05) is 41.4 Å². The Morgan fingerprint density at radius 1 is 1.03 bits per heavy atom. The molecule has 32 heavy (non-hydrogen) atoms. The zero-order valence-corrected chi connectivity index (χ0v) is 19.9. The number of nitrogens with one attached hydrogen (secondary N) is 1. The minimum atomic E-state index is -3.99. The van der Waals surface area contributed by atoms with Gasteiger partial charge in [0.05, 0.1) is 16.8 Å². The molecule has 0 unspecified atom stereocenters. The Morgan fingerprint density at radius 3 is 2.25 bits per heavy atom. The summed E-state index contributed by atoms with van der Waals surface area (Å²) in [5, 5.41) is 4.41. The molecule has 6 nitrogen and oxygen atoms in total. The Morgan fingerprint density at radius 2 is 1.66 bits per heavy atom. The monoisotopic (exact) mass is 487 g/mol. The van der Waals surface area contributed by atoms with Gasteiger partial charge in [-0.15, -0.1) is 11.8 Å². The smallest absolute Gasteiger partial charge is 0.264 e. The maximum absolute atomic E-state index is 13.3. The summed E-state index contributed by atoms with van der Waals surface area (Å²) < 4.78 is 27.6. The normalized spacial score (nSPS) is 11.5. The number of amides is 1. The number of anilines is 1. The van der Waals surface area contributed by atoms with Crippen LogP contribution in [0.4, 0.5) is 5.69 Å². The zero-order chi connectivity index (χ0) is 23.1. The van der Waals surface area contributed by atoms with E-state index in [1.54, 1.807) is 48.2 Å². The molecule has 0 aliphatic heterocycles. The minimum Gasteiger partial charge on any atom is -0.271 e. The van der Waals surface area contributed by atoms with Gasteiger partial charge in [0.25, 0.3) is 15.9 Å². The fourth-order valence-corrected chi connectivity index (χ4v) is 4.75. The Hall–Kier alpha value is -2.81. The van der Waals surface area contributed by atoms with E-state index in [4.69, 9.17) is 11.6 Å². The Kier molecular flexibility index (Phi) is 7.95. The second kappa shape index (κ2) is 10.7. The van der Waals surface area contributed by atoms with E-state index in [1.165, 1.54) is 18.3 Å². The van der Waals surface area contributed by atoms with Gasteiger partial charge in [0.15, 0.2) is 0 Å². The minimum absolute atomic E-state index is 0.0863. The van der Waals surface area contributed by atoms with Crippen molar-refractivity contribution in [2.75, 3.05) is 17.1 Å². The van der Waals surface area contributed by atoms with Crippen LogP contribution in [0, 0.1) is 6.92 Å². The molecule has 0 atom stereocenters. The highest BCUT2D eigenvalue weighted by Crippen LogP contribution is 2.25. The number of sulfonamides is 1. The molecule has 0 saturated heterocycles. The average Bonchev–Trinajstić information content (AvgIpc) is 2.79. The Labute approximate surface area is 197 Å². The highest BCUT2D eigenvalue weighted by atomic mass is 35.5. The molecule has 0 bridgehead atoms. The molecule has 0 radical (unpaired) electrons. The first kappa shape index (κ1) is 23.8. The SMILES string of the molecule is CSc1ccc(/C=N\NC(=O)CN(c2ccc(Cl)cc2)S(=O)(=O)c2ccc(C)cc2)cc1. The highest BCUT2D eigenvalue weighted by molar-refractivity contribution is 7.98. The van der Waals surface area contributed by atoms with Crippen molar-refractivity contribution in [3.8, 4) is 0 Å². The van der Waals surface area contributed by atoms with Crippen LogP contribution in [0.3, 0.4) is 0 Å². The molecule has 1 N–H and O–H groups in total. The van der Waals surface area contributed by atoms with Crippen molar-refractivity contribution in [3.63, 3.8) is 0 Å². The van der Waals surface area contributed by atoms with Gasteiger partial charge in [0.2, 0.25) is 0 Å². The van der Waals surface area contributed by atoms with Gasteiger partial charge < -0.3 is 0 Å². The number of halogens is 1. The number of benzene rings is 3. The van der Waals surface area contributed by atoms with Crippen LogP contribution in [-0.4, -0.2) is 33.3 Å². The van der Waals surface area contributed by atoms with E-state index >= 15 is 0 Å². The number of aryl methyl sites for hydroxylation is 1. The van der Waals surface area contributed by atoms with E-state index in [-0.39, 0.29) is 4.90 Å². The lowest BCUT2D eigenvalue weighted by molar-refractivity contribution is -0.119. The summed E-state index contributed by atoms with van der Waals surface area (Å²) >= 11 is 7.58. The number of thioether (sulfide) groups is 1. The van der Waals surface area contributed by atoms with Gasteiger partial charge in [0, 0.05) is 9.92 Å². The average molecular weight is 488 g/mol. The number of carbonyl (C=O) groups is 1. The molecule has 1 amide bonds. The molecule has 0 aliphatic rings. The van der Waals surface area contributed by atoms with Gasteiger partial charge in [0.1, 0.15) is 6.54 Å². The fourth-order valence-electron chi connectivity index (χ4n) is 2.79. The second-order valence-corrected chi connectivity index (χ2v) is 10.0. The van der Waals surface area contributed by atoms with Crippen molar-refractivity contribution >= 4 is 51.2 Å². The standard InChI is InChI=1S/C23H22ClN3O3S2/c1-17-3-13-22(14-4-17)32(29,30)27(20-9-7-19(24)8-10-20)16-23(28)26-25-15-18-5-11-21(31-2)12-6-18/h3-15H,16H2,1-2H3,(H,26,28)/b25-15-. The fraction of sp³-hybridized carbons (Fsp3) is 0.130. The predicted molar refractivity (Wildman–Crippen MR) is 131 cm³/mol. The van der Waals surface area contributed by atoms with Crippen molar-refractivity contribution in [2.45, 2.75) is 16.7 Å². The van der Waals surface area contributed by atoms with E-state index < -0.39 is 22.5 Å². The molecule has 0 spiro atoms. The van der Waals surface area contributed by atoms with Gasteiger partial charge >= 0.3 is 0 Å². The number of nitrogens with zero attached hydrogens (tertiary/aromatic N) is 2. The summed E-state index contributed by atoms with van der Waals surface area (Å²) in [7, 11) is -3.99. The summed E-state index contributed by atoms with van der Waals surface area (Å²) in [6, 6.07) is 20.4. The zero-order valence-electron chi connectivity index (χ0n) is 17.5. The molecule has 3 aromatic carbocycles. The van der Waals surface area contributed by atoms with Gasteiger partial charge in [-0.3, -0.25) is 9.10 Å². The first-order chi connectivity index (χ1) is 15.3. The van der Waals surface area contributed by atoms with Crippen LogP contribution in [-0.2, 0) is 14.8 Å². The molecule has 9 heteroatoms. The van der Waals surface area contributed by atoms with Gasteiger partial charge in [-0.25, -0.2) is 13.8 Å². The van der Waals surface area contributed by atoms with Crippen LogP contribution in [0.5, 0.6) is 0 Å². The van der Waals surface area contributed by atoms with E-state index in [0.717, 1.165) is 20.3 Å². The van der Waals surface area contributed by atoms with Crippen LogP contribution >= 0.6 is 23.4 Å². The van der Waals surface area contributed by atoms with Gasteiger partial charge in [-0.05, 0) is 67.3 Å². The highest BCUT2D eigenvalue weighted by Gasteiger charge is 2.27. The molecular formula is C23H22ClN3O3S2. The van der Waals surface area contributed by atoms with Gasteiger partial charge in [-0.2, -0.15) is 5.10 Å². The number of rotatable bonds is 8. The molecule has 0 saturated carbocycles. The van der Waals surface area contributed by atoms with E-state index in [9.17, 15) is 13.2 Å². The third-order valence-corrected chi connectivity index (χ3v) is 7.31. The lowest BCUT2D eigenvalue weighted by atomic mass is 10.2. The number of hydrogen-bond acceptors (Lipinski definition) is 5.